The third-order valence-electron chi connectivity index (χ3n) is 4.35. The summed E-state index contributed by atoms with van der Waals surface area (Å²) in [6.07, 6.45) is 2.08. The molecule has 0 saturated carbocycles. The number of likely N-dealkylation sites (tertiary alicyclic amines) is 1. The van der Waals surface area contributed by atoms with Gasteiger partial charge in [-0.1, -0.05) is 29.8 Å². The highest BCUT2D eigenvalue weighted by Gasteiger charge is 2.24. The lowest BCUT2D eigenvalue weighted by Crippen LogP contribution is -2.40. The van der Waals surface area contributed by atoms with Crippen LogP contribution < -0.4 is 5.32 Å². The Balaban J connectivity index is 1.69. The molecule has 1 amide bonds. The number of nitrogens with zero attached hydrogens (tertiary/aromatic N) is 2. The number of rotatable bonds is 4. The van der Waals surface area contributed by atoms with E-state index in [1.807, 2.05) is 36.2 Å². The van der Waals surface area contributed by atoms with Crippen LogP contribution in [0.1, 0.15) is 23.3 Å². The van der Waals surface area contributed by atoms with Gasteiger partial charge in [-0.25, -0.2) is 0 Å². The summed E-state index contributed by atoms with van der Waals surface area (Å²) in [4.78, 5) is 14.5. The molecule has 1 aliphatic rings. The monoisotopic (exact) mass is 332 g/mol. The molecule has 2 heterocycles. The molecule has 1 aromatic heterocycles. The summed E-state index contributed by atoms with van der Waals surface area (Å²) in [6.45, 7) is 2.61. The molecule has 1 fully saturated rings. The van der Waals surface area contributed by atoms with Crippen LogP contribution in [0.2, 0.25) is 5.02 Å². The fourth-order valence-electron chi connectivity index (χ4n) is 3.04. The normalized spacial score (nSPS) is 15.8. The van der Waals surface area contributed by atoms with Crippen molar-refractivity contribution in [3.8, 4) is 11.3 Å². The Labute approximate surface area is 141 Å². The van der Waals surface area contributed by atoms with E-state index in [1.54, 1.807) is 6.07 Å². The molecule has 0 bridgehead atoms. The molecule has 0 spiro atoms. The van der Waals surface area contributed by atoms with Crippen molar-refractivity contribution in [3.63, 3.8) is 0 Å². The third kappa shape index (κ3) is 3.57. The number of piperidine rings is 1. The van der Waals surface area contributed by atoms with Crippen LogP contribution in [0.5, 0.6) is 0 Å². The van der Waals surface area contributed by atoms with Crippen LogP contribution in [-0.2, 0) is 0 Å². The van der Waals surface area contributed by atoms with Crippen molar-refractivity contribution in [1.29, 1.82) is 0 Å². The molecule has 0 aliphatic carbocycles. The van der Waals surface area contributed by atoms with Crippen LogP contribution in [0, 0.1) is 5.92 Å². The van der Waals surface area contributed by atoms with Gasteiger partial charge in [-0.15, -0.1) is 0 Å². The van der Waals surface area contributed by atoms with Crippen molar-refractivity contribution in [2.24, 2.45) is 5.92 Å². The zero-order chi connectivity index (χ0) is 16.2. The van der Waals surface area contributed by atoms with Crippen LogP contribution in [0.15, 0.2) is 30.3 Å². The van der Waals surface area contributed by atoms with Gasteiger partial charge in [0.05, 0.1) is 10.7 Å². The number of nitrogens with one attached hydrogen (secondary N) is 2. The van der Waals surface area contributed by atoms with Gasteiger partial charge in [0.2, 0.25) is 0 Å². The molecule has 1 aromatic carbocycles. The van der Waals surface area contributed by atoms with E-state index in [4.69, 9.17) is 11.6 Å². The van der Waals surface area contributed by atoms with Crippen LogP contribution in [-0.4, -0.2) is 47.7 Å². The number of carbonyl (C=O) groups is 1. The highest BCUT2D eigenvalue weighted by molar-refractivity contribution is 6.33. The molecule has 2 aromatic rings. The highest BCUT2D eigenvalue weighted by atomic mass is 35.5. The Kier molecular flexibility index (Phi) is 4.98. The van der Waals surface area contributed by atoms with Crippen LogP contribution in [0.25, 0.3) is 11.3 Å². The molecular formula is C17H21ClN4O. The number of aromatic nitrogens is 2. The van der Waals surface area contributed by atoms with E-state index < -0.39 is 0 Å². The van der Waals surface area contributed by atoms with Gasteiger partial charge in [0.25, 0.3) is 5.91 Å². The molecule has 0 atom stereocenters. The summed E-state index contributed by atoms with van der Waals surface area (Å²) in [5, 5.41) is 10.9. The van der Waals surface area contributed by atoms with Crippen molar-refractivity contribution in [3.05, 3.63) is 41.0 Å². The lowest BCUT2D eigenvalue weighted by Gasteiger charge is -2.31. The topological polar surface area (TPSA) is 61.0 Å². The molecule has 3 rings (SSSR count). The van der Waals surface area contributed by atoms with E-state index >= 15 is 0 Å². The maximum Gasteiger partial charge on any atom is 0.271 e. The van der Waals surface area contributed by atoms with Crippen LogP contribution in [0.3, 0.4) is 0 Å². The van der Waals surface area contributed by atoms with Crippen LogP contribution >= 0.6 is 11.6 Å². The van der Waals surface area contributed by atoms with Crippen molar-refractivity contribution >= 4 is 17.5 Å². The fraction of sp³-hybridized carbons (Fsp3) is 0.412. The first-order valence-electron chi connectivity index (χ1n) is 7.93. The standard InChI is InChI=1S/C17H21ClN4O/c1-19-11-12-6-8-22(9-7-12)17(23)16-10-15(20-21-16)13-4-2-3-5-14(13)18/h2-5,10,12,19H,6-9,11H2,1H3,(H,20,21). The second-order valence-electron chi connectivity index (χ2n) is 5.94. The van der Waals surface area contributed by atoms with Gasteiger partial charge in [-0.3, -0.25) is 9.89 Å². The van der Waals surface area contributed by atoms with E-state index in [0.29, 0.717) is 22.3 Å². The van der Waals surface area contributed by atoms with E-state index in [2.05, 4.69) is 15.5 Å². The van der Waals surface area contributed by atoms with Crippen LogP contribution in [0.4, 0.5) is 0 Å². The summed E-state index contributed by atoms with van der Waals surface area (Å²) < 4.78 is 0. The second-order valence-corrected chi connectivity index (χ2v) is 6.35. The minimum Gasteiger partial charge on any atom is -0.337 e. The number of aromatic amines is 1. The van der Waals surface area contributed by atoms with E-state index in [1.165, 1.54) is 0 Å². The smallest absolute Gasteiger partial charge is 0.271 e. The Morgan fingerprint density at radius 1 is 1.39 bits per heavy atom. The quantitative estimate of drug-likeness (QED) is 0.905. The lowest BCUT2D eigenvalue weighted by atomic mass is 9.96. The first-order valence-corrected chi connectivity index (χ1v) is 8.31. The largest absolute Gasteiger partial charge is 0.337 e. The first kappa shape index (κ1) is 16.0. The van der Waals surface area contributed by atoms with Gasteiger partial charge < -0.3 is 10.2 Å². The molecule has 1 saturated heterocycles. The zero-order valence-corrected chi connectivity index (χ0v) is 13.9. The highest BCUT2D eigenvalue weighted by Crippen LogP contribution is 2.27. The number of benzene rings is 1. The van der Waals surface area contributed by atoms with Gasteiger partial charge in [-0.2, -0.15) is 5.10 Å². The number of hydrogen-bond donors (Lipinski definition) is 2. The minimum atomic E-state index is 0.0127. The molecule has 6 heteroatoms. The third-order valence-corrected chi connectivity index (χ3v) is 4.68. The van der Waals surface area contributed by atoms with E-state index in [0.717, 1.165) is 38.0 Å². The summed E-state index contributed by atoms with van der Waals surface area (Å²) >= 11 is 6.19. The fourth-order valence-corrected chi connectivity index (χ4v) is 3.27. The lowest BCUT2D eigenvalue weighted by molar-refractivity contribution is 0.0685. The summed E-state index contributed by atoms with van der Waals surface area (Å²) in [6, 6.07) is 9.28. The Morgan fingerprint density at radius 3 is 2.83 bits per heavy atom. The number of carbonyl (C=O) groups excluding carboxylic acids is 1. The molecular weight excluding hydrogens is 312 g/mol. The minimum absolute atomic E-state index is 0.0127. The Morgan fingerprint density at radius 2 is 2.13 bits per heavy atom. The maximum absolute atomic E-state index is 12.6. The Hall–Kier alpha value is -1.85. The SMILES string of the molecule is CNCC1CCN(C(=O)c2cc(-c3ccccc3Cl)n[nH]2)CC1. The van der Waals surface area contributed by atoms with Gasteiger partial charge >= 0.3 is 0 Å². The van der Waals surface area contributed by atoms with E-state index in [9.17, 15) is 4.79 Å². The molecule has 23 heavy (non-hydrogen) atoms. The second kappa shape index (κ2) is 7.15. The summed E-state index contributed by atoms with van der Waals surface area (Å²) in [7, 11) is 1.97. The number of H-pyrrole nitrogens is 1. The molecule has 1 aliphatic heterocycles. The molecule has 0 radical (unpaired) electrons. The van der Waals surface area contributed by atoms with Crippen molar-refractivity contribution in [2.45, 2.75) is 12.8 Å². The predicted molar refractivity (Wildman–Crippen MR) is 91.6 cm³/mol. The predicted octanol–water partition coefficient (Wildman–Crippen LogP) is 2.80. The molecule has 0 unspecified atom stereocenters. The maximum atomic E-state index is 12.6. The zero-order valence-electron chi connectivity index (χ0n) is 13.2. The summed E-state index contributed by atoms with van der Waals surface area (Å²) in [5.41, 5.74) is 2.05. The van der Waals surface area contributed by atoms with Gasteiger partial charge in [0, 0.05) is 18.7 Å². The number of hydrogen-bond acceptors (Lipinski definition) is 3. The first-order chi connectivity index (χ1) is 11.2. The van der Waals surface area contributed by atoms with Gasteiger partial charge in [0.1, 0.15) is 5.69 Å². The number of amides is 1. The summed E-state index contributed by atoms with van der Waals surface area (Å²) in [5.74, 6) is 0.670. The Bertz CT molecular complexity index is 677. The van der Waals surface area contributed by atoms with Crippen molar-refractivity contribution in [1.82, 2.24) is 20.4 Å². The van der Waals surface area contributed by atoms with E-state index in [-0.39, 0.29) is 5.91 Å². The molecule has 5 nitrogen and oxygen atoms in total. The average Bonchev–Trinajstić information content (AvgIpc) is 3.05. The molecule has 122 valence electrons. The average molecular weight is 333 g/mol. The number of halogens is 1. The van der Waals surface area contributed by atoms with Gasteiger partial charge in [-0.05, 0) is 44.5 Å². The van der Waals surface area contributed by atoms with Gasteiger partial charge in [0.15, 0.2) is 0 Å². The molecule has 2 N–H and O–H groups in total. The van der Waals surface area contributed by atoms with Crippen molar-refractivity contribution in [2.75, 3.05) is 26.7 Å². The van der Waals surface area contributed by atoms with Crippen molar-refractivity contribution < 1.29 is 4.79 Å².